The second kappa shape index (κ2) is 7.59. The molecule has 1 atom stereocenters. The Balaban J connectivity index is 2.27. The smallest absolute Gasteiger partial charge is 0.119 e. The van der Waals surface area contributed by atoms with E-state index in [0.717, 1.165) is 23.2 Å². The van der Waals surface area contributed by atoms with Crippen LogP contribution in [0.4, 0.5) is 0 Å². The van der Waals surface area contributed by atoms with Crippen molar-refractivity contribution in [2.45, 2.75) is 19.4 Å². The van der Waals surface area contributed by atoms with Gasteiger partial charge in [-0.2, -0.15) is 0 Å². The molecule has 108 valence electrons. The molecule has 2 aromatic rings. The van der Waals surface area contributed by atoms with Gasteiger partial charge in [0.25, 0.3) is 0 Å². The maximum Gasteiger partial charge on any atom is 0.119 e. The van der Waals surface area contributed by atoms with Crippen LogP contribution >= 0.6 is 43.2 Å². The molecule has 1 aromatic carbocycles. The summed E-state index contributed by atoms with van der Waals surface area (Å²) < 4.78 is 7.62. The number of halogens is 2. The van der Waals surface area contributed by atoms with Crippen molar-refractivity contribution in [3.05, 3.63) is 49.0 Å². The fourth-order valence-electron chi connectivity index (χ4n) is 2.12. The number of likely N-dealkylation sites (N-methyl/N-ethyl adjacent to an activating group) is 1. The molecular formula is C15H17Br2NOS. The second-order valence-corrected chi connectivity index (χ2v) is 7.81. The van der Waals surface area contributed by atoms with Gasteiger partial charge in [0.1, 0.15) is 5.75 Å². The van der Waals surface area contributed by atoms with Gasteiger partial charge in [0.05, 0.1) is 10.9 Å². The molecule has 0 saturated heterocycles. The number of rotatable bonds is 6. The van der Waals surface area contributed by atoms with Crippen LogP contribution in [-0.2, 0) is 6.42 Å². The third-order valence-corrected chi connectivity index (χ3v) is 5.43. The van der Waals surface area contributed by atoms with E-state index in [-0.39, 0.29) is 6.04 Å². The van der Waals surface area contributed by atoms with Crippen LogP contribution < -0.4 is 10.1 Å². The van der Waals surface area contributed by atoms with Gasteiger partial charge in [0, 0.05) is 21.8 Å². The van der Waals surface area contributed by atoms with Crippen LogP contribution in [0, 0.1) is 0 Å². The highest BCUT2D eigenvalue weighted by molar-refractivity contribution is 9.11. The van der Waals surface area contributed by atoms with Gasteiger partial charge in [-0.1, -0.05) is 22.9 Å². The summed E-state index contributed by atoms with van der Waals surface area (Å²) in [4.78, 5) is 1.36. The molecule has 0 fully saturated rings. The lowest BCUT2D eigenvalue weighted by Crippen LogP contribution is -2.23. The molecule has 1 heterocycles. The van der Waals surface area contributed by atoms with Crippen LogP contribution in [0.1, 0.15) is 23.4 Å². The number of nitrogens with one attached hydrogen (secondary N) is 1. The lowest BCUT2D eigenvalue weighted by Gasteiger charge is -2.20. The maximum atomic E-state index is 5.34. The van der Waals surface area contributed by atoms with Crippen LogP contribution in [0.5, 0.6) is 5.75 Å². The van der Waals surface area contributed by atoms with Crippen molar-refractivity contribution >= 4 is 43.2 Å². The SMILES string of the molecule is CCNC(Cc1ccc(Br)s1)c1cc(OC)ccc1Br. The Morgan fingerprint density at radius 3 is 2.65 bits per heavy atom. The average molecular weight is 419 g/mol. The van der Waals surface area contributed by atoms with Gasteiger partial charge in [-0.25, -0.2) is 0 Å². The predicted octanol–water partition coefficient (Wildman–Crippen LogP) is 5.18. The Hall–Kier alpha value is -0.360. The quantitative estimate of drug-likeness (QED) is 0.698. The van der Waals surface area contributed by atoms with E-state index in [1.807, 2.05) is 12.1 Å². The van der Waals surface area contributed by atoms with Gasteiger partial charge in [-0.05, 0) is 58.4 Å². The number of hydrogen-bond donors (Lipinski definition) is 1. The first-order chi connectivity index (χ1) is 9.63. The number of hydrogen-bond acceptors (Lipinski definition) is 3. The molecule has 0 spiro atoms. The van der Waals surface area contributed by atoms with E-state index in [2.05, 4.69) is 62.3 Å². The van der Waals surface area contributed by atoms with Gasteiger partial charge >= 0.3 is 0 Å². The average Bonchev–Trinajstić information content (AvgIpc) is 2.84. The van der Waals surface area contributed by atoms with Crippen molar-refractivity contribution in [1.82, 2.24) is 5.32 Å². The van der Waals surface area contributed by atoms with Crippen molar-refractivity contribution in [1.29, 1.82) is 0 Å². The summed E-state index contributed by atoms with van der Waals surface area (Å²) in [5.41, 5.74) is 1.23. The molecular weight excluding hydrogens is 402 g/mol. The Kier molecular flexibility index (Phi) is 6.08. The molecule has 1 N–H and O–H groups in total. The molecule has 0 aliphatic rings. The van der Waals surface area contributed by atoms with Crippen molar-refractivity contribution in [3.8, 4) is 5.75 Å². The van der Waals surface area contributed by atoms with Gasteiger partial charge in [-0.15, -0.1) is 11.3 Å². The van der Waals surface area contributed by atoms with E-state index in [1.165, 1.54) is 14.2 Å². The van der Waals surface area contributed by atoms with Gasteiger partial charge in [-0.3, -0.25) is 0 Å². The zero-order valence-electron chi connectivity index (χ0n) is 11.5. The first-order valence-electron chi connectivity index (χ1n) is 6.45. The van der Waals surface area contributed by atoms with Crippen LogP contribution in [0.15, 0.2) is 38.6 Å². The highest BCUT2D eigenvalue weighted by Gasteiger charge is 2.16. The minimum atomic E-state index is 0.273. The molecule has 5 heteroatoms. The Morgan fingerprint density at radius 1 is 1.25 bits per heavy atom. The highest BCUT2D eigenvalue weighted by Crippen LogP contribution is 2.32. The van der Waals surface area contributed by atoms with Crippen molar-refractivity contribution in [2.75, 3.05) is 13.7 Å². The van der Waals surface area contributed by atoms with E-state index < -0.39 is 0 Å². The van der Waals surface area contributed by atoms with E-state index in [1.54, 1.807) is 18.4 Å². The molecule has 1 unspecified atom stereocenters. The van der Waals surface area contributed by atoms with E-state index in [9.17, 15) is 0 Å². The Labute approximate surface area is 140 Å². The van der Waals surface area contributed by atoms with Crippen LogP contribution in [-0.4, -0.2) is 13.7 Å². The van der Waals surface area contributed by atoms with Crippen molar-refractivity contribution < 1.29 is 4.74 Å². The van der Waals surface area contributed by atoms with Crippen molar-refractivity contribution in [2.24, 2.45) is 0 Å². The third kappa shape index (κ3) is 4.07. The first kappa shape index (κ1) is 16.0. The third-order valence-electron chi connectivity index (χ3n) is 3.06. The maximum absolute atomic E-state index is 5.34. The Morgan fingerprint density at radius 2 is 2.05 bits per heavy atom. The lowest BCUT2D eigenvalue weighted by molar-refractivity contribution is 0.412. The summed E-state index contributed by atoms with van der Waals surface area (Å²) in [6, 6.07) is 10.7. The summed E-state index contributed by atoms with van der Waals surface area (Å²) >= 11 is 8.95. The summed E-state index contributed by atoms with van der Waals surface area (Å²) in [7, 11) is 1.70. The monoisotopic (exact) mass is 417 g/mol. The molecule has 0 radical (unpaired) electrons. The molecule has 0 aliphatic heterocycles. The van der Waals surface area contributed by atoms with Gasteiger partial charge in [0.2, 0.25) is 0 Å². The van der Waals surface area contributed by atoms with E-state index in [4.69, 9.17) is 4.74 Å². The van der Waals surface area contributed by atoms with Crippen LogP contribution in [0.3, 0.4) is 0 Å². The number of ether oxygens (including phenoxy) is 1. The summed E-state index contributed by atoms with van der Waals surface area (Å²) in [6.45, 7) is 3.06. The first-order valence-corrected chi connectivity index (χ1v) is 8.85. The zero-order chi connectivity index (χ0) is 14.5. The minimum Gasteiger partial charge on any atom is -0.497 e. The van der Waals surface area contributed by atoms with Crippen LogP contribution in [0.25, 0.3) is 0 Å². The van der Waals surface area contributed by atoms with Crippen LogP contribution in [0.2, 0.25) is 0 Å². The molecule has 20 heavy (non-hydrogen) atoms. The largest absolute Gasteiger partial charge is 0.497 e. The van der Waals surface area contributed by atoms with Gasteiger partial charge in [0.15, 0.2) is 0 Å². The molecule has 0 aliphatic carbocycles. The standard InChI is InChI=1S/C15H17Br2NOS/c1-3-18-14(9-11-5-7-15(17)20-11)12-8-10(19-2)4-6-13(12)16/h4-8,14,18H,3,9H2,1-2H3. The lowest BCUT2D eigenvalue weighted by atomic mass is 10.0. The fourth-order valence-corrected chi connectivity index (χ4v) is 4.17. The molecule has 0 bridgehead atoms. The number of benzene rings is 1. The second-order valence-electron chi connectivity index (χ2n) is 4.41. The highest BCUT2D eigenvalue weighted by atomic mass is 79.9. The fraction of sp³-hybridized carbons (Fsp3) is 0.333. The van der Waals surface area contributed by atoms with E-state index >= 15 is 0 Å². The summed E-state index contributed by atoms with van der Waals surface area (Å²) in [5.74, 6) is 0.887. The minimum absolute atomic E-state index is 0.273. The number of thiophene rings is 1. The number of methoxy groups -OCH3 is 1. The summed E-state index contributed by atoms with van der Waals surface area (Å²) in [6.07, 6.45) is 0.968. The van der Waals surface area contributed by atoms with Gasteiger partial charge < -0.3 is 10.1 Å². The topological polar surface area (TPSA) is 21.3 Å². The normalized spacial score (nSPS) is 12.4. The molecule has 2 nitrogen and oxygen atoms in total. The van der Waals surface area contributed by atoms with Crippen molar-refractivity contribution in [3.63, 3.8) is 0 Å². The summed E-state index contributed by atoms with van der Waals surface area (Å²) in [5, 5.41) is 3.55. The molecule has 0 amide bonds. The molecule has 1 aromatic heterocycles. The zero-order valence-corrected chi connectivity index (χ0v) is 15.4. The predicted molar refractivity (Wildman–Crippen MR) is 92.8 cm³/mol. The molecule has 0 saturated carbocycles. The Bertz CT molecular complexity index is 571. The van der Waals surface area contributed by atoms with E-state index in [0.29, 0.717) is 0 Å². The molecule has 2 rings (SSSR count).